The fraction of sp³-hybridized carbons (Fsp3) is 0.0455. The van der Waals surface area contributed by atoms with Crippen LogP contribution in [-0.2, 0) is 6.18 Å². The highest BCUT2D eigenvalue weighted by Crippen LogP contribution is 2.34. The standard InChI is InChI=1S/C22H16F4N6/c23-18-8-7-15(27)10-19(18)31-20-17(13-3-5-14(6-4-13)22(24,25)26)12-29-21(32-20)30-16-2-1-9-28-11-16/h1-12H,27H2,(H2,29,30,31,32). The lowest BCUT2D eigenvalue weighted by Gasteiger charge is -2.15. The number of pyridine rings is 1. The van der Waals surface area contributed by atoms with Crippen molar-refractivity contribution >= 4 is 28.8 Å². The minimum Gasteiger partial charge on any atom is -0.399 e. The molecule has 0 aliphatic carbocycles. The number of nitrogens with two attached hydrogens (primary N) is 1. The lowest BCUT2D eigenvalue weighted by Crippen LogP contribution is -2.05. The molecule has 4 N–H and O–H groups in total. The molecule has 32 heavy (non-hydrogen) atoms. The summed E-state index contributed by atoms with van der Waals surface area (Å²) in [4.78, 5) is 12.6. The molecular weight excluding hydrogens is 424 g/mol. The van der Waals surface area contributed by atoms with Gasteiger partial charge in [-0.2, -0.15) is 18.2 Å². The van der Waals surface area contributed by atoms with E-state index in [4.69, 9.17) is 5.73 Å². The fourth-order valence-corrected chi connectivity index (χ4v) is 2.92. The molecule has 0 aliphatic rings. The number of hydrogen-bond acceptors (Lipinski definition) is 6. The third kappa shape index (κ3) is 4.75. The van der Waals surface area contributed by atoms with Crippen LogP contribution in [0.4, 0.5) is 46.4 Å². The molecule has 0 spiro atoms. The van der Waals surface area contributed by atoms with E-state index in [0.29, 0.717) is 22.5 Å². The van der Waals surface area contributed by atoms with Crippen molar-refractivity contribution in [1.82, 2.24) is 15.0 Å². The molecule has 2 aromatic carbocycles. The molecule has 162 valence electrons. The molecule has 4 rings (SSSR count). The molecule has 0 saturated heterocycles. The van der Waals surface area contributed by atoms with Crippen LogP contribution in [0.5, 0.6) is 0 Å². The average Bonchev–Trinajstić information content (AvgIpc) is 2.77. The van der Waals surface area contributed by atoms with E-state index in [-0.39, 0.29) is 17.5 Å². The molecule has 0 atom stereocenters. The van der Waals surface area contributed by atoms with Crippen molar-refractivity contribution < 1.29 is 17.6 Å². The van der Waals surface area contributed by atoms with Crippen LogP contribution in [0.25, 0.3) is 11.1 Å². The van der Waals surface area contributed by atoms with E-state index in [1.54, 1.807) is 24.5 Å². The van der Waals surface area contributed by atoms with Gasteiger partial charge in [0, 0.05) is 23.6 Å². The molecule has 0 saturated carbocycles. The number of nitrogens with zero attached hydrogens (tertiary/aromatic N) is 3. The van der Waals surface area contributed by atoms with Gasteiger partial charge in [0.1, 0.15) is 11.6 Å². The zero-order valence-corrected chi connectivity index (χ0v) is 16.4. The number of nitrogens with one attached hydrogen (secondary N) is 2. The van der Waals surface area contributed by atoms with Gasteiger partial charge in [-0.25, -0.2) is 9.37 Å². The van der Waals surface area contributed by atoms with Crippen LogP contribution in [0.1, 0.15) is 5.56 Å². The van der Waals surface area contributed by atoms with Gasteiger partial charge in [0.15, 0.2) is 0 Å². The summed E-state index contributed by atoms with van der Waals surface area (Å²) in [5, 5.41) is 5.84. The van der Waals surface area contributed by atoms with Gasteiger partial charge in [-0.3, -0.25) is 4.98 Å². The van der Waals surface area contributed by atoms with Crippen molar-refractivity contribution in [1.29, 1.82) is 0 Å². The van der Waals surface area contributed by atoms with E-state index < -0.39 is 17.6 Å². The Morgan fingerprint density at radius 2 is 1.69 bits per heavy atom. The number of nitrogen functional groups attached to an aromatic ring is 1. The Bertz CT molecular complexity index is 1230. The molecular formula is C22H16F4N6. The molecule has 6 nitrogen and oxygen atoms in total. The smallest absolute Gasteiger partial charge is 0.399 e. The highest BCUT2D eigenvalue weighted by atomic mass is 19.4. The van der Waals surface area contributed by atoms with E-state index in [1.807, 2.05) is 0 Å². The van der Waals surface area contributed by atoms with E-state index in [9.17, 15) is 17.6 Å². The number of alkyl halides is 3. The molecule has 10 heteroatoms. The molecule has 0 bridgehead atoms. The van der Waals surface area contributed by atoms with Crippen molar-refractivity contribution in [2.24, 2.45) is 0 Å². The number of benzene rings is 2. The number of rotatable bonds is 5. The van der Waals surface area contributed by atoms with E-state index in [0.717, 1.165) is 12.1 Å². The average molecular weight is 440 g/mol. The minimum absolute atomic E-state index is 0.0594. The summed E-state index contributed by atoms with van der Waals surface area (Å²) >= 11 is 0. The molecule has 2 heterocycles. The van der Waals surface area contributed by atoms with Crippen LogP contribution in [-0.4, -0.2) is 15.0 Å². The predicted molar refractivity (Wildman–Crippen MR) is 114 cm³/mol. The lowest BCUT2D eigenvalue weighted by molar-refractivity contribution is -0.137. The first-order chi connectivity index (χ1) is 15.3. The van der Waals surface area contributed by atoms with E-state index >= 15 is 0 Å². The molecule has 0 aliphatic heterocycles. The Morgan fingerprint density at radius 1 is 0.906 bits per heavy atom. The Labute approximate surface area is 180 Å². The van der Waals surface area contributed by atoms with Gasteiger partial charge in [-0.15, -0.1) is 0 Å². The van der Waals surface area contributed by atoms with Crippen LogP contribution in [0.15, 0.2) is 73.2 Å². The van der Waals surface area contributed by atoms with Gasteiger partial charge in [-0.1, -0.05) is 12.1 Å². The first-order valence-electron chi connectivity index (χ1n) is 9.33. The quantitative estimate of drug-likeness (QED) is 0.270. The summed E-state index contributed by atoms with van der Waals surface area (Å²) in [5.74, 6) is -0.214. The summed E-state index contributed by atoms with van der Waals surface area (Å²) in [7, 11) is 0. The van der Waals surface area contributed by atoms with E-state index in [2.05, 4.69) is 25.6 Å². The molecule has 0 amide bonds. The van der Waals surface area contributed by atoms with Gasteiger partial charge >= 0.3 is 6.18 Å². The summed E-state index contributed by atoms with van der Waals surface area (Å²) in [5.41, 5.74) is 6.76. The Morgan fingerprint density at radius 3 is 2.38 bits per heavy atom. The maximum Gasteiger partial charge on any atom is 0.416 e. The van der Waals surface area contributed by atoms with Crippen LogP contribution in [0, 0.1) is 5.82 Å². The fourth-order valence-electron chi connectivity index (χ4n) is 2.92. The first-order valence-corrected chi connectivity index (χ1v) is 9.33. The maximum absolute atomic E-state index is 14.3. The summed E-state index contributed by atoms with van der Waals surface area (Å²) in [6.45, 7) is 0. The lowest BCUT2D eigenvalue weighted by atomic mass is 10.1. The van der Waals surface area contributed by atoms with E-state index in [1.165, 1.54) is 36.5 Å². The third-order valence-electron chi connectivity index (χ3n) is 4.47. The number of aromatic nitrogens is 3. The van der Waals surface area contributed by atoms with Crippen molar-refractivity contribution in [3.8, 4) is 11.1 Å². The third-order valence-corrected chi connectivity index (χ3v) is 4.47. The van der Waals surface area contributed by atoms with Gasteiger partial charge in [-0.05, 0) is 48.0 Å². The van der Waals surface area contributed by atoms with Crippen LogP contribution in [0.2, 0.25) is 0 Å². The van der Waals surface area contributed by atoms with Gasteiger partial charge in [0.25, 0.3) is 0 Å². The second-order valence-corrected chi connectivity index (χ2v) is 6.76. The monoisotopic (exact) mass is 440 g/mol. The second-order valence-electron chi connectivity index (χ2n) is 6.76. The van der Waals surface area contributed by atoms with Crippen molar-refractivity contribution in [3.05, 3.63) is 84.6 Å². The molecule has 0 radical (unpaired) electrons. The van der Waals surface area contributed by atoms with Gasteiger partial charge in [0.05, 0.1) is 23.1 Å². The topological polar surface area (TPSA) is 88.8 Å². The van der Waals surface area contributed by atoms with Gasteiger partial charge < -0.3 is 16.4 Å². The first kappa shape index (κ1) is 21.0. The van der Waals surface area contributed by atoms with Crippen LogP contribution < -0.4 is 16.4 Å². The zero-order chi connectivity index (χ0) is 22.7. The van der Waals surface area contributed by atoms with Crippen molar-refractivity contribution in [2.75, 3.05) is 16.4 Å². The summed E-state index contributed by atoms with van der Waals surface area (Å²) < 4.78 is 53.1. The second kappa shape index (κ2) is 8.50. The van der Waals surface area contributed by atoms with Gasteiger partial charge in [0.2, 0.25) is 5.95 Å². The normalized spacial score (nSPS) is 11.2. The van der Waals surface area contributed by atoms with Crippen LogP contribution in [0.3, 0.4) is 0 Å². The molecule has 0 fully saturated rings. The van der Waals surface area contributed by atoms with Crippen molar-refractivity contribution in [3.63, 3.8) is 0 Å². The highest BCUT2D eigenvalue weighted by molar-refractivity contribution is 5.79. The Kier molecular flexibility index (Phi) is 5.59. The maximum atomic E-state index is 14.3. The summed E-state index contributed by atoms with van der Waals surface area (Å²) in [6.07, 6.45) is 0.145. The van der Waals surface area contributed by atoms with Crippen LogP contribution >= 0.6 is 0 Å². The Balaban J connectivity index is 1.75. The SMILES string of the molecule is Nc1ccc(F)c(Nc2nc(Nc3cccnc3)ncc2-c2ccc(C(F)(F)F)cc2)c1. The van der Waals surface area contributed by atoms with Crippen molar-refractivity contribution in [2.45, 2.75) is 6.18 Å². The minimum atomic E-state index is -4.46. The number of halogens is 4. The summed E-state index contributed by atoms with van der Waals surface area (Å²) in [6, 6.07) is 12.0. The molecule has 0 unspecified atom stereocenters. The Hall–Kier alpha value is -4.21. The largest absolute Gasteiger partial charge is 0.416 e. The highest BCUT2D eigenvalue weighted by Gasteiger charge is 2.30. The number of anilines is 5. The predicted octanol–water partition coefficient (Wildman–Crippen LogP) is 5.77. The molecule has 2 aromatic heterocycles. The molecule has 4 aromatic rings. The number of hydrogen-bond donors (Lipinski definition) is 3. The zero-order valence-electron chi connectivity index (χ0n) is 16.4.